The highest BCUT2D eigenvalue weighted by molar-refractivity contribution is 9.10. The van der Waals surface area contributed by atoms with Crippen LogP contribution in [0.5, 0.6) is 5.75 Å². The van der Waals surface area contributed by atoms with Gasteiger partial charge in [-0.2, -0.15) is 0 Å². The van der Waals surface area contributed by atoms with Crippen LogP contribution in [0.1, 0.15) is 13.3 Å². The van der Waals surface area contributed by atoms with Gasteiger partial charge in [0.15, 0.2) is 6.61 Å². The van der Waals surface area contributed by atoms with Crippen molar-refractivity contribution >= 4 is 39.5 Å². The zero-order chi connectivity index (χ0) is 14.3. The molecule has 1 aromatic rings. The Hall–Kier alpha value is -1.27. The van der Waals surface area contributed by atoms with Gasteiger partial charge in [0.1, 0.15) is 5.75 Å². The van der Waals surface area contributed by atoms with Gasteiger partial charge in [-0.1, -0.05) is 18.5 Å². The first kappa shape index (κ1) is 15.8. The Morgan fingerprint density at radius 3 is 2.79 bits per heavy atom. The summed E-state index contributed by atoms with van der Waals surface area (Å²) in [5.74, 6) is -0.0380. The lowest BCUT2D eigenvalue weighted by atomic mass is 10.3. The molecule has 0 bridgehead atoms. The van der Waals surface area contributed by atoms with E-state index < -0.39 is 11.9 Å². The first-order valence-corrected chi connectivity index (χ1v) is 6.85. The summed E-state index contributed by atoms with van der Waals surface area (Å²) in [5, 5.41) is 5.25. The Balaban J connectivity index is 2.39. The molecule has 104 valence electrons. The van der Waals surface area contributed by atoms with Gasteiger partial charge in [0.2, 0.25) is 0 Å². The van der Waals surface area contributed by atoms with Gasteiger partial charge in [-0.05, 0) is 40.5 Å². The second-order valence-corrected chi connectivity index (χ2v) is 4.96. The van der Waals surface area contributed by atoms with E-state index in [1.54, 1.807) is 18.2 Å². The van der Waals surface area contributed by atoms with Crippen LogP contribution in [0.15, 0.2) is 22.7 Å². The molecule has 1 aromatic carbocycles. The maximum absolute atomic E-state index is 11.4. The maximum Gasteiger partial charge on any atom is 0.321 e. The molecule has 0 saturated carbocycles. The number of hydrogen-bond donors (Lipinski definition) is 2. The zero-order valence-electron chi connectivity index (χ0n) is 10.3. The van der Waals surface area contributed by atoms with Crippen LogP contribution in [-0.2, 0) is 4.79 Å². The summed E-state index contributed by atoms with van der Waals surface area (Å²) in [6.07, 6.45) is 0.801. The third-order valence-corrected chi connectivity index (χ3v) is 2.90. The van der Waals surface area contributed by atoms with E-state index in [1.807, 2.05) is 6.92 Å². The molecular weight excluding hydrogens is 336 g/mol. The SMILES string of the molecule is CCCNC(=O)NC(=O)COc1ccc(Cl)cc1Br. The average Bonchev–Trinajstić information content (AvgIpc) is 2.35. The fourth-order valence-electron chi connectivity index (χ4n) is 1.18. The molecule has 5 nitrogen and oxygen atoms in total. The number of ether oxygens (including phenoxy) is 1. The van der Waals surface area contributed by atoms with E-state index in [2.05, 4.69) is 26.6 Å². The van der Waals surface area contributed by atoms with E-state index >= 15 is 0 Å². The monoisotopic (exact) mass is 348 g/mol. The fraction of sp³-hybridized carbons (Fsp3) is 0.333. The Morgan fingerprint density at radius 2 is 2.16 bits per heavy atom. The van der Waals surface area contributed by atoms with Crippen LogP contribution in [0.2, 0.25) is 5.02 Å². The molecule has 0 aliphatic heterocycles. The van der Waals surface area contributed by atoms with E-state index in [9.17, 15) is 9.59 Å². The van der Waals surface area contributed by atoms with Gasteiger partial charge in [0.05, 0.1) is 4.47 Å². The predicted molar refractivity (Wildman–Crippen MR) is 76.5 cm³/mol. The Morgan fingerprint density at radius 1 is 1.42 bits per heavy atom. The number of imide groups is 1. The molecule has 19 heavy (non-hydrogen) atoms. The third kappa shape index (κ3) is 5.94. The largest absolute Gasteiger partial charge is 0.483 e. The molecule has 0 aromatic heterocycles. The van der Waals surface area contributed by atoms with Gasteiger partial charge in [-0.15, -0.1) is 0 Å². The van der Waals surface area contributed by atoms with Crippen LogP contribution in [0.25, 0.3) is 0 Å². The van der Waals surface area contributed by atoms with Crippen LogP contribution in [0.3, 0.4) is 0 Å². The minimum atomic E-state index is -0.523. The van der Waals surface area contributed by atoms with Crippen molar-refractivity contribution in [2.24, 2.45) is 0 Å². The van der Waals surface area contributed by atoms with E-state index in [0.29, 0.717) is 21.8 Å². The Bertz CT molecular complexity index is 468. The van der Waals surface area contributed by atoms with Crippen molar-refractivity contribution in [3.63, 3.8) is 0 Å². The minimum Gasteiger partial charge on any atom is -0.483 e. The average molecular weight is 350 g/mol. The Kier molecular flexibility index (Phi) is 6.66. The lowest BCUT2D eigenvalue weighted by molar-refractivity contribution is -0.122. The second kappa shape index (κ2) is 8.01. The number of rotatable bonds is 5. The third-order valence-electron chi connectivity index (χ3n) is 2.04. The fourth-order valence-corrected chi connectivity index (χ4v) is 1.98. The van der Waals surface area contributed by atoms with Gasteiger partial charge in [-0.25, -0.2) is 4.79 Å². The lowest BCUT2D eigenvalue weighted by Crippen LogP contribution is -2.41. The van der Waals surface area contributed by atoms with Crippen molar-refractivity contribution in [3.8, 4) is 5.75 Å². The van der Waals surface area contributed by atoms with Crippen LogP contribution in [0.4, 0.5) is 4.79 Å². The topological polar surface area (TPSA) is 67.4 Å². The number of halogens is 2. The van der Waals surface area contributed by atoms with Crippen LogP contribution < -0.4 is 15.4 Å². The summed E-state index contributed by atoms with van der Waals surface area (Å²) in [5.41, 5.74) is 0. The number of hydrogen-bond acceptors (Lipinski definition) is 3. The van der Waals surface area contributed by atoms with Gasteiger partial charge in [0.25, 0.3) is 5.91 Å². The second-order valence-electron chi connectivity index (χ2n) is 3.67. The molecule has 0 saturated heterocycles. The molecule has 0 heterocycles. The number of amides is 3. The van der Waals surface area contributed by atoms with E-state index in [0.717, 1.165) is 6.42 Å². The summed E-state index contributed by atoms with van der Waals surface area (Å²) in [7, 11) is 0. The van der Waals surface area contributed by atoms with Gasteiger partial charge in [0, 0.05) is 11.6 Å². The lowest BCUT2D eigenvalue weighted by Gasteiger charge is -2.09. The molecule has 0 aliphatic carbocycles. The number of carbonyl (C=O) groups excluding carboxylic acids is 2. The van der Waals surface area contributed by atoms with Crippen LogP contribution in [0, 0.1) is 0 Å². The van der Waals surface area contributed by atoms with Crippen molar-refractivity contribution in [1.82, 2.24) is 10.6 Å². The summed E-state index contributed by atoms with van der Waals surface area (Å²) < 4.78 is 5.90. The first-order chi connectivity index (χ1) is 9.02. The summed E-state index contributed by atoms with van der Waals surface area (Å²) in [6, 6.07) is 4.42. The van der Waals surface area contributed by atoms with Crippen molar-refractivity contribution in [1.29, 1.82) is 0 Å². The number of nitrogens with one attached hydrogen (secondary N) is 2. The minimum absolute atomic E-state index is 0.250. The highest BCUT2D eigenvalue weighted by Crippen LogP contribution is 2.27. The van der Waals surface area contributed by atoms with Crippen LogP contribution >= 0.6 is 27.5 Å². The standard InChI is InChI=1S/C12H14BrClN2O3/c1-2-5-15-12(18)16-11(17)7-19-10-4-3-8(14)6-9(10)13/h3-4,6H,2,5,7H2,1H3,(H2,15,16,17,18). The Labute approximate surface area is 124 Å². The highest BCUT2D eigenvalue weighted by atomic mass is 79.9. The summed E-state index contributed by atoms with van der Waals surface area (Å²) in [6.45, 7) is 2.19. The number of carbonyl (C=O) groups is 2. The zero-order valence-corrected chi connectivity index (χ0v) is 12.7. The predicted octanol–water partition coefficient (Wildman–Crippen LogP) is 2.72. The number of benzene rings is 1. The first-order valence-electron chi connectivity index (χ1n) is 5.68. The molecular formula is C12H14BrClN2O3. The molecule has 0 aliphatic rings. The van der Waals surface area contributed by atoms with Crippen molar-refractivity contribution < 1.29 is 14.3 Å². The van der Waals surface area contributed by atoms with Crippen molar-refractivity contribution in [2.75, 3.05) is 13.2 Å². The molecule has 7 heteroatoms. The van der Waals surface area contributed by atoms with Gasteiger partial charge in [-0.3, -0.25) is 10.1 Å². The normalized spacial score (nSPS) is 9.84. The summed E-state index contributed by atoms with van der Waals surface area (Å²) >= 11 is 9.04. The quantitative estimate of drug-likeness (QED) is 0.859. The van der Waals surface area contributed by atoms with E-state index in [1.165, 1.54) is 0 Å². The molecule has 3 amide bonds. The molecule has 0 fully saturated rings. The molecule has 1 rings (SSSR count). The smallest absolute Gasteiger partial charge is 0.321 e. The molecule has 0 spiro atoms. The molecule has 0 radical (unpaired) electrons. The van der Waals surface area contributed by atoms with Crippen molar-refractivity contribution in [2.45, 2.75) is 13.3 Å². The number of urea groups is 1. The van der Waals surface area contributed by atoms with E-state index in [-0.39, 0.29) is 6.61 Å². The van der Waals surface area contributed by atoms with E-state index in [4.69, 9.17) is 16.3 Å². The maximum atomic E-state index is 11.4. The molecule has 2 N–H and O–H groups in total. The van der Waals surface area contributed by atoms with Crippen molar-refractivity contribution in [3.05, 3.63) is 27.7 Å². The van der Waals surface area contributed by atoms with Gasteiger partial charge >= 0.3 is 6.03 Å². The highest BCUT2D eigenvalue weighted by Gasteiger charge is 2.09. The summed E-state index contributed by atoms with van der Waals surface area (Å²) in [4.78, 5) is 22.6. The molecule has 0 unspecified atom stereocenters. The van der Waals surface area contributed by atoms with Crippen LogP contribution in [-0.4, -0.2) is 25.1 Å². The molecule has 0 atom stereocenters. The van der Waals surface area contributed by atoms with Gasteiger partial charge < -0.3 is 10.1 Å².